The molecule has 1 aromatic rings. The lowest BCUT2D eigenvalue weighted by Gasteiger charge is -2.11. The van der Waals surface area contributed by atoms with E-state index in [1.807, 2.05) is 0 Å². The summed E-state index contributed by atoms with van der Waals surface area (Å²) in [4.78, 5) is 8.56. The van der Waals surface area contributed by atoms with Gasteiger partial charge in [-0.1, -0.05) is 49.2 Å². The van der Waals surface area contributed by atoms with Crippen LogP contribution in [0.3, 0.4) is 0 Å². The third kappa shape index (κ3) is 6.09. The molecule has 0 saturated carbocycles. The van der Waals surface area contributed by atoms with Crippen molar-refractivity contribution in [2.75, 3.05) is 0 Å². The number of rotatable bonds is 1. The van der Waals surface area contributed by atoms with Crippen LogP contribution in [-0.4, -0.2) is 16.4 Å². The Labute approximate surface area is 108 Å². The third-order valence-corrected chi connectivity index (χ3v) is 2.94. The summed E-state index contributed by atoms with van der Waals surface area (Å²) in [6.45, 7) is 0. The molecule has 3 heteroatoms. The van der Waals surface area contributed by atoms with Crippen molar-refractivity contribution in [3.05, 3.63) is 42.0 Å². The first-order chi connectivity index (χ1) is 8.70. The monoisotopic (exact) mass is 248 g/mol. The molecule has 0 amide bonds. The van der Waals surface area contributed by atoms with Gasteiger partial charge in [0.1, 0.15) is 0 Å². The molecule has 2 rings (SSSR count). The van der Waals surface area contributed by atoms with Gasteiger partial charge in [0.25, 0.3) is 0 Å². The molecular formula is C15H20O3. The van der Waals surface area contributed by atoms with Gasteiger partial charge in [0.15, 0.2) is 0 Å². The fourth-order valence-electron chi connectivity index (χ4n) is 2.11. The largest absolute Gasteiger partial charge is 0.503 e. The first-order valence-electron chi connectivity index (χ1n) is 6.36. The van der Waals surface area contributed by atoms with Crippen molar-refractivity contribution >= 4 is 11.7 Å². The van der Waals surface area contributed by atoms with Crippen LogP contribution >= 0.6 is 0 Å². The molecular weight excluding hydrogens is 228 g/mol. The standard InChI is InChI=1S/C14H18.CH2O3/c1-2-5-9-13(10-6-3-1)14-11-7-4-8-12-14;2-1(3)4/h4,7-9,11-12H,1-3,5-6,10H2;(H2,2,3,4)/b13-9+;. The quantitative estimate of drug-likeness (QED) is 0.760. The lowest BCUT2D eigenvalue weighted by molar-refractivity contribution is 0.137. The second-order valence-corrected chi connectivity index (χ2v) is 4.33. The molecule has 0 atom stereocenters. The summed E-state index contributed by atoms with van der Waals surface area (Å²) in [5.41, 5.74) is 2.99. The van der Waals surface area contributed by atoms with Crippen molar-refractivity contribution in [3.63, 3.8) is 0 Å². The first kappa shape index (κ1) is 14.3. The number of carboxylic acid groups (broad SMARTS) is 2. The topological polar surface area (TPSA) is 57.5 Å². The maximum absolute atomic E-state index is 8.56. The molecule has 0 saturated heterocycles. The van der Waals surface area contributed by atoms with Gasteiger partial charge in [-0.05, 0) is 36.8 Å². The summed E-state index contributed by atoms with van der Waals surface area (Å²) in [5.74, 6) is 0. The van der Waals surface area contributed by atoms with Gasteiger partial charge in [-0.2, -0.15) is 0 Å². The van der Waals surface area contributed by atoms with E-state index in [0.717, 1.165) is 0 Å². The van der Waals surface area contributed by atoms with Crippen molar-refractivity contribution < 1.29 is 15.0 Å². The lowest BCUT2D eigenvalue weighted by Crippen LogP contribution is -1.89. The van der Waals surface area contributed by atoms with Gasteiger partial charge in [0.2, 0.25) is 0 Å². The van der Waals surface area contributed by atoms with Crippen LogP contribution in [0.1, 0.15) is 44.1 Å². The highest BCUT2D eigenvalue weighted by molar-refractivity contribution is 5.65. The Balaban J connectivity index is 0.000000357. The number of hydrogen-bond donors (Lipinski definition) is 2. The van der Waals surface area contributed by atoms with Crippen LogP contribution in [0.25, 0.3) is 5.57 Å². The van der Waals surface area contributed by atoms with Gasteiger partial charge in [0.05, 0.1) is 0 Å². The summed E-state index contributed by atoms with van der Waals surface area (Å²) in [6, 6.07) is 10.8. The number of allylic oxidation sites excluding steroid dienone is 2. The van der Waals surface area contributed by atoms with Crippen LogP contribution in [0.5, 0.6) is 0 Å². The highest BCUT2D eigenvalue weighted by atomic mass is 16.6. The number of benzene rings is 1. The SMILES string of the molecule is C1=C(/c2ccccc2)CCCCCC/1.O=C(O)O. The van der Waals surface area contributed by atoms with Gasteiger partial charge in [0, 0.05) is 0 Å². The smallest absolute Gasteiger partial charge is 0.450 e. The van der Waals surface area contributed by atoms with Gasteiger partial charge in [-0.25, -0.2) is 4.79 Å². The Morgan fingerprint density at radius 2 is 1.56 bits per heavy atom. The Morgan fingerprint density at radius 1 is 0.944 bits per heavy atom. The summed E-state index contributed by atoms with van der Waals surface area (Å²) in [7, 11) is 0. The molecule has 0 fully saturated rings. The van der Waals surface area contributed by atoms with Gasteiger partial charge >= 0.3 is 6.16 Å². The van der Waals surface area contributed by atoms with Crippen molar-refractivity contribution in [2.45, 2.75) is 38.5 Å². The average Bonchev–Trinajstić information content (AvgIpc) is 2.29. The molecule has 98 valence electrons. The molecule has 0 aromatic heterocycles. The highest BCUT2D eigenvalue weighted by Gasteiger charge is 2.03. The molecule has 0 unspecified atom stereocenters. The summed E-state index contributed by atoms with van der Waals surface area (Å²) in [5, 5.41) is 13.9. The van der Waals surface area contributed by atoms with E-state index in [9.17, 15) is 0 Å². The van der Waals surface area contributed by atoms with Crippen LogP contribution in [-0.2, 0) is 0 Å². The van der Waals surface area contributed by atoms with Crippen LogP contribution in [0, 0.1) is 0 Å². The molecule has 0 radical (unpaired) electrons. The van der Waals surface area contributed by atoms with Crippen molar-refractivity contribution in [1.82, 2.24) is 0 Å². The minimum Gasteiger partial charge on any atom is -0.450 e. The summed E-state index contributed by atoms with van der Waals surface area (Å²) < 4.78 is 0. The van der Waals surface area contributed by atoms with Crippen molar-refractivity contribution in [3.8, 4) is 0 Å². The van der Waals surface area contributed by atoms with Crippen LogP contribution in [0.4, 0.5) is 4.79 Å². The zero-order valence-corrected chi connectivity index (χ0v) is 10.5. The molecule has 1 aromatic carbocycles. The molecule has 1 aliphatic rings. The Kier molecular flexibility index (Phi) is 6.62. The molecule has 2 N–H and O–H groups in total. The molecule has 18 heavy (non-hydrogen) atoms. The van der Waals surface area contributed by atoms with Crippen molar-refractivity contribution in [2.24, 2.45) is 0 Å². The van der Waals surface area contributed by atoms with Gasteiger partial charge in [-0.3, -0.25) is 0 Å². The Bertz CT molecular complexity index is 378. The molecule has 1 aliphatic carbocycles. The Morgan fingerprint density at radius 3 is 2.22 bits per heavy atom. The van der Waals surface area contributed by atoms with E-state index in [4.69, 9.17) is 15.0 Å². The second-order valence-electron chi connectivity index (χ2n) is 4.33. The van der Waals surface area contributed by atoms with Crippen LogP contribution < -0.4 is 0 Å². The predicted molar refractivity (Wildman–Crippen MR) is 72.8 cm³/mol. The molecule has 0 heterocycles. The minimum atomic E-state index is -1.83. The average molecular weight is 248 g/mol. The van der Waals surface area contributed by atoms with E-state index in [-0.39, 0.29) is 0 Å². The highest BCUT2D eigenvalue weighted by Crippen LogP contribution is 2.24. The summed E-state index contributed by atoms with van der Waals surface area (Å²) >= 11 is 0. The van der Waals surface area contributed by atoms with Gasteiger partial charge < -0.3 is 10.2 Å². The van der Waals surface area contributed by atoms with E-state index < -0.39 is 6.16 Å². The third-order valence-electron chi connectivity index (χ3n) is 2.94. The van der Waals surface area contributed by atoms with E-state index in [0.29, 0.717) is 0 Å². The molecule has 3 nitrogen and oxygen atoms in total. The maximum atomic E-state index is 8.56. The Hall–Kier alpha value is -1.77. The predicted octanol–water partition coefficient (Wildman–Crippen LogP) is 4.65. The maximum Gasteiger partial charge on any atom is 0.503 e. The fraction of sp³-hybridized carbons (Fsp3) is 0.400. The summed E-state index contributed by atoms with van der Waals surface area (Å²) in [6.07, 6.45) is 8.70. The van der Waals surface area contributed by atoms with E-state index >= 15 is 0 Å². The van der Waals surface area contributed by atoms with Crippen molar-refractivity contribution in [1.29, 1.82) is 0 Å². The fourth-order valence-corrected chi connectivity index (χ4v) is 2.11. The minimum absolute atomic E-state index is 1.27. The molecule has 0 aliphatic heterocycles. The normalized spacial score (nSPS) is 18.3. The number of hydrogen-bond acceptors (Lipinski definition) is 1. The first-order valence-corrected chi connectivity index (χ1v) is 6.36. The van der Waals surface area contributed by atoms with E-state index in [1.54, 1.807) is 5.57 Å². The van der Waals surface area contributed by atoms with Crippen LogP contribution in [0.15, 0.2) is 36.4 Å². The molecule has 0 bridgehead atoms. The number of carbonyl (C=O) groups is 1. The zero-order valence-electron chi connectivity index (χ0n) is 10.5. The van der Waals surface area contributed by atoms with E-state index in [2.05, 4.69) is 36.4 Å². The van der Waals surface area contributed by atoms with E-state index in [1.165, 1.54) is 44.1 Å². The lowest BCUT2D eigenvalue weighted by atomic mass is 9.95. The molecule has 0 spiro atoms. The van der Waals surface area contributed by atoms with Crippen LogP contribution in [0.2, 0.25) is 0 Å². The zero-order chi connectivity index (χ0) is 13.2. The van der Waals surface area contributed by atoms with Gasteiger partial charge in [-0.15, -0.1) is 0 Å². The second kappa shape index (κ2) is 8.34.